The highest BCUT2D eigenvalue weighted by atomic mass is 28.4. The number of hydrogen-bond donors (Lipinski definition) is 1. The van der Waals surface area contributed by atoms with Crippen molar-refractivity contribution in [2.24, 2.45) is 0 Å². The quantitative estimate of drug-likeness (QED) is 0.138. The molecular formula is C33H78O11Si7. The lowest BCUT2D eigenvalue weighted by atomic mass is 9.98. The van der Waals surface area contributed by atoms with E-state index in [1.165, 1.54) is 0 Å². The molecule has 2 aliphatic rings. The van der Waals surface area contributed by atoms with E-state index in [1.54, 1.807) is 0 Å². The molecule has 11 nitrogen and oxygen atoms in total. The first-order chi connectivity index (χ1) is 22.6. The fourth-order valence-electron chi connectivity index (χ4n) is 5.97. The highest BCUT2D eigenvalue weighted by Gasteiger charge is 2.57. The van der Waals surface area contributed by atoms with Gasteiger partial charge in [-0.3, -0.25) is 0 Å². The van der Waals surface area contributed by atoms with Crippen molar-refractivity contribution >= 4 is 58.2 Å². The summed E-state index contributed by atoms with van der Waals surface area (Å²) in [6.45, 7) is 45.5. The van der Waals surface area contributed by atoms with Crippen LogP contribution < -0.4 is 0 Å². The van der Waals surface area contributed by atoms with Gasteiger partial charge in [-0.15, -0.1) is 0 Å². The first kappa shape index (κ1) is 48.2. The van der Waals surface area contributed by atoms with Gasteiger partial charge in [-0.2, -0.15) is 0 Å². The van der Waals surface area contributed by atoms with Crippen LogP contribution in [-0.4, -0.2) is 138 Å². The van der Waals surface area contributed by atoms with Crippen molar-refractivity contribution in [2.45, 2.75) is 199 Å². The smallest absolute Gasteiger partial charge is 0.188 e. The number of aliphatic hydroxyl groups excluding tert-OH is 1. The van der Waals surface area contributed by atoms with Crippen molar-refractivity contribution < 1.29 is 50.3 Å². The van der Waals surface area contributed by atoms with Crippen LogP contribution in [0.3, 0.4) is 0 Å². The second kappa shape index (κ2) is 17.7. The molecule has 0 saturated carbocycles. The van der Waals surface area contributed by atoms with Gasteiger partial charge in [0.1, 0.15) is 48.8 Å². The van der Waals surface area contributed by atoms with Gasteiger partial charge in [-0.05, 0) is 137 Å². The predicted molar refractivity (Wildman–Crippen MR) is 224 cm³/mol. The Morgan fingerprint density at radius 2 is 0.647 bits per heavy atom. The summed E-state index contributed by atoms with van der Waals surface area (Å²) in [6, 6.07) is 0. The summed E-state index contributed by atoms with van der Waals surface area (Å²) in [5.74, 6) is 0. The van der Waals surface area contributed by atoms with Crippen molar-refractivity contribution in [3.05, 3.63) is 0 Å². The lowest BCUT2D eigenvalue weighted by Gasteiger charge is -2.53. The fraction of sp³-hybridized carbons (Fsp3) is 1.00. The van der Waals surface area contributed by atoms with Gasteiger partial charge in [0.05, 0.1) is 13.2 Å². The second-order valence-corrected chi connectivity index (χ2v) is 52.3. The van der Waals surface area contributed by atoms with Crippen molar-refractivity contribution in [3.8, 4) is 0 Å². The fourth-order valence-corrected chi connectivity index (χ4v) is 13.1. The van der Waals surface area contributed by atoms with E-state index in [1.807, 2.05) is 0 Å². The van der Waals surface area contributed by atoms with Crippen LogP contribution in [0.1, 0.15) is 0 Å². The standard InChI is InChI=1S/C33H78O11Si7/c1-45(2,3)35-23-25-27(40-47(7,8)9)29(42-49(13,14)15)31(44-51(19,20)21)33(37-25)38-32-30(43-50(16,17)18)28(41-48(10,11)12)26(24(22-34)36-32)39-46(4,5)6/h24-34H,22-23H2,1-21H3/t24?,25-,26-,27-,28?,29?,30?,31?,32-,33-/m1/s1. The molecule has 0 amide bonds. The zero-order chi connectivity index (χ0) is 39.8. The van der Waals surface area contributed by atoms with Gasteiger partial charge in [0.25, 0.3) is 0 Å². The van der Waals surface area contributed by atoms with Gasteiger partial charge < -0.3 is 50.3 Å². The summed E-state index contributed by atoms with van der Waals surface area (Å²) in [5.41, 5.74) is 0. The monoisotopic (exact) mass is 846 g/mol. The number of aliphatic hydroxyl groups is 1. The molecule has 0 bridgehead atoms. The van der Waals surface area contributed by atoms with E-state index in [0.29, 0.717) is 6.61 Å². The summed E-state index contributed by atoms with van der Waals surface area (Å²) in [6.07, 6.45) is -6.28. The average molecular weight is 848 g/mol. The van der Waals surface area contributed by atoms with Crippen LogP contribution in [0, 0.1) is 0 Å². The summed E-state index contributed by atoms with van der Waals surface area (Å²) in [5, 5.41) is 10.8. The van der Waals surface area contributed by atoms with E-state index in [9.17, 15) is 5.11 Å². The second-order valence-electron chi connectivity index (χ2n) is 21.0. The molecule has 10 atom stereocenters. The average Bonchev–Trinajstić information content (AvgIpc) is 2.84. The van der Waals surface area contributed by atoms with Crippen LogP contribution in [0.15, 0.2) is 0 Å². The molecule has 0 spiro atoms. The van der Waals surface area contributed by atoms with Gasteiger partial charge in [-0.25, -0.2) is 0 Å². The molecule has 2 fully saturated rings. The molecule has 2 aliphatic heterocycles. The Bertz CT molecular complexity index is 1070. The van der Waals surface area contributed by atoms with E-state index < -0.39 is 120 Å². The van der Waals surface area contributed by atoms with E-state index in [4.69, 9.17) is 45.2 Å². The summed E-state index contributed by atoms with van der Waals surface area (Å²) >= 11 is 0. The minimum absolute atomic E-state index is 0.263. The first-order valence-corrected chi connectivity index (χ1v) is 42.7. The van der Waals surface area contributed by atoms with Gasteiger partial charge >= 0.3 is 0 Å². The van der Waals surface area contributed by atoms with E-state index >= 15 is 0 Å². The van der Waals surface area contributed by atoms with Gasteiger partial charge in [0, 0.05) is 0 Å². The molecule has 2 rings (SSSR count). The van der Waals surface area contributed by atoms with Gasteiger partial charge in [-0.1, -0.05) is 0 Å². The topological polar surface area (TPSA) is 113 Å². The molecule has 0 aliphatic carbocycles. The lowest BCUT2D eigenvalue weighted by Crippen LogP contribution is -2.69. The molecule has 2 heterocycles. The molecule has 0 aromatic rings. The Kier molecular flexibility index (Phi) is 16.7. The number of ether oxygens (including phenoxy) is 3. The number of hydrogen-bond acceptors (Lipinski definition) is 11. The molecule has 51 heavy (non-hydrogen) atoms. The normalized spacial score (nSPS) is 32.4. The van der Waals surface area contributed by atoms with Crippen LogP contribution >= 0.6 is 0 Å². The molecule has 0 aromatic carbocycles. The van der Waals surface area contributed by atoms with E-state index in [0.717, 1.165) is 0 Å². The van der Waals surface area contributed by atoms with E-state index in [-0.39, 0.29) is 6.61 Å². The Labute approximate surface area is 319 Å². The minimum atomic E-state index is -2.22. The maximum Gasteiger partial charge on any atom is 0.188 e. The molecule has 1 N–H and O–H groups in total. The summed E-state index contributed by atoms with van der Waals surface area (Å²) in [4.78, 5) is 0. The van der Waals surface area contributed by atoms with Gasteiger partial charge in [0.2, 0.25) is 0 Å². The molecule has 5 unspecified atom stereocenters. The van der Waals surface area contributed by atoms with E-state index in [2.05, 4.69) is 137 Å². The van der Waals surface area contributed by atoms with Crippen LogP contribution in [0.5, 0.6) is 0 Å². The Balaban J connectivity index is 2.80. The van der Waals surface area contributed by atoms with Crippen LogP contribution in [0.25, 0.3) is 0 Å². The lowest BCUT2D eigenvalue weighted by molar-refractivity contribution is -0.368. The zero-order valence-electron chi connectivity index (χ0n) is 36.2. The van der Waals surface area contributed by atoms with Crippen molar-refractivity contribution in [1.82, 2.24) is 0 Å². The zero-order valence-corrected chi connectivity index (χ0v) is 43.2. The predicted octanol–water partition coefficient (Wildman–Crippen LogP) is 7.62. The largest absolute Gasteiger partial charge is 0.415 e. The van der Waals surface area contributed by atoms with Crippen LogP contribution in [-0.2, 0) is 45.2 Å². The Hall–Kier alpha value is 1.08. The van der Waals surface area contributed by atoms with Gasteiger partial charge in [0.15, 0.2) is 70.8 Å². The van der Waals surface area contributed by atoms with Crippen molar-refractivity contribution in [1.29, 1.82) is 0 Å². The first-order valence-electron chi connectivity index (χ1n) is 18.8. The third-order valence-corrected chi connectivity index (χ3v) is 14.2. The Morgan fingerprint density at radius 1 is 0.373 bits per heavy atom. The molecule has 0 aromatic heterocycles. The third kappa shape index (κ3) is 17.8. The van der Waals surface area contributed by atoms with Crippen molar-refractivity contribution in [3.63, 3.8) is 0 Å². The number of rotatable bonds is 18. The maximum atomic E-state index is 10.8. The third-order valence-electron chi connectivity index (χ3n) is 7.25. The molecular weight excluding hydrogens is 769 g/mol. The van der Waals surface area contributed by atoms with Crippen molar-refractivity contribution in [2.75, 3.05) is 13.2 Å². The summed E-state index contributed by atoms with van der Waals surface area (Å²) in [7, 11) is -14.9. The highest BCUT2D eigenvalue weighted by molar-refractivity contribution is 6.72. The summed E-state index contributed by atoms with van der Waals surface area (Å²) < 4.78 is 69.1. The molecule has 0 radical (unpaired) electrons. The SMILES string of the molecule is C[Si](C)(C)OC[C@H]1O[C@H](O[C@H]2OC(CO)[C@@H](O[Si](C)(C)C)C(O[Si](C)(C)C)C2O[Si](C)(C)C)C(O[Si](C)(C)C)C(O[Si](C)(C)C)[C@@H]1O[Si](C)(C)C. The molecule has 304 valence electrons. The minimum Gasteiger partial charge on any atom is -0.415 e. The van der Waals surface area contributed by atoms with Crippen LogP contribution in [0.4, 0.5) is 0 Å². The molecule has 2 saturated heterocycles. The highest BCUT2D eigenvalue weighted by Crippen LogP contribution is 2.39. The molecule has 18 heteroatoms. The van der Waals surface area contributed by atoms with Crippen LogP contribution in [0.2, 0.25) is 137 Å². The maximum absolute atomic E-state index is 10.8. The Morgan fingerprint density at radius 3 is 0.941 bits per heavy atom.